The van der Waals surface area contributed by atoms with E-state index in [0.29, 0.717) is 18.5 Å². The number of piperazine rings is 1. The predicted molar refractivity (Wildman–Crippen MR) is 146 cm³/mol. The third-order valence-corrected chi connectivity index (χ3v) is 9.44. The Hall–Kier alpha value is -2.49. The summed E-state index contributed by atoms with van der Waals surface area (Å²) in [5.41, 5.74) is 2.85. The monoisotopic (exact) mass is 522 g/mol. The van der Waals surface area contributed by atoms with Crippen LogP contribution >= 0.6 is 0 Å². The van der Waals surface area contributed by atoms with Gasteiger partial charge >= 0.3 is 0 Å². The molecule has 3 amide bonds. The van der Waals surface area contributed by atoms with Crippen molar-refractivity contribution in [3.63, 3.8) is 0 Å². The fourth-order valence-electron chi connectivity index (χ4n) is 7.08. The molecule has 0 aromatic heterocycles. The Balaban J connectivity index is 0.968. The van der Waals surface area contributed by atoms with Gasteiger partial charge in [-0.05, 0) is 80.8 Å². The van der Waals surface area contributed by atoms with Gasteiger partial charge in [-0.25, -0.2) is 0 Å². The van der Waals surface area contributed by atoms with E-state index in [0.717, 1.165) is 30.5 Å². The predicted octanol–water partition coefficient (Wildman–Crippen LogP) is 1.28. The number of rotatable bonds is 6. The quantitative estimate of drug-likeness (QED) is 0.545. The maximum atomic E-state index is 13.0. The van der Waals surface area contributed by atoms with Crippen molar-refractivity contribution in [3.05, 3.63) is 29.3 Å². The smallest absolute Gasteiger partial charge is 0.255 e. The van der Waals surface area contributed by atoms with Crippen LogP contribution in [-0.2, 0) is 16.1 Å². The average molecular weight is 523 g/mol. The lowest BCUT2D eigenvalue weighted by Gasteiger charge is -2.40. The number of hydrogen-bond acceptors (Lipinski definition) is 7. The Kier molecular flexibility index (Phi) is 7.68. The van der Waals surface area contributed by atoms with E-state index in [4.69, 9.17) is 0 Å². The number of nitrogens with zero attached hydrogens (tertiary/aromatic N) is 4. The van der Waals surface area contributed by atoms with E-state index in [1.54, 1.807) is 4.90 Å². The van der Waals surface area contributed by atoms with E-state index >= 15 is 0 Å². The number of carbonyl (C=O) groups excluding carboxylic acids is 3. The van der Waals surface area contributed by atoms with E-state index in [1.807, 2.05) is 6.07 Å². The number of fused-ring (bicyclic) bond motifs is 1. The molecule has 0 aliphatic carbocycles. The molecule has 1 aromatic rings. The van der Waals surface area contributed by atoms with Crippen LogP contribution < -0.4 is 15.5 Å². The molecule has 1 unspecified atom stereocenters. The van der Waals surface area contributed by atoms with Crippen LogP contribution in [0.3, 0.4) is 0 Å². The van der Waals surface area contributed by atoms with E-state index in [9.17, 15) is 14.4 Å². The Morgan fingerprint density at radius 3 is 2.11 bits per heavy atom. The minimum Gasteiger partial charge on any atom is -0.372 e. The molecule has 1 atom stereocenters. The number of anilines is 1. The first-order chi connectivity index (χ1) is 18.5. The van der Waals surface area contributed by atoms with Crippen LogP contribution in [-0.4, -0.2) is 104 Å². The molecule has 0 radical (unpaired) electrons. The van der Waals surface area contributed by atoms with Crippen LogP contribution in [0, 0.1) is 11.8 Å². The molecule has 4 saturated heterocycles. The van der Waals surface area contributed by atoms with Gasteiger partial charge in [0.2, 0.25) is 11.8 Å². The Morgan fingerprint density at radius 1 is 0.789 bits per heavy atom. The standard InChI is InChI=1S/C29H42N6O3/c36-27-4-3-26(28(37)31-27)35-20-23-17-24(1-2-25(23)29(35)38)34-11-7-22(8-12-34)19-33-15-13-32(14-16-33)18-21-5-9-30-10-6-21/h1-2,17,21-22,26,30H,3-16,18-20H2,(H,31,36,37). The van der Waals surface area contributed by atoms with Crippen molar-refractivity contribution in [1.29, 1.82) is 0 Å². The van der Waals surface area contributed by atoms with Crippen LogP contribution in [0.5, 0.6) is 0 Å². The molecule has 5 aliphatic rings. The highest BCUT2D eigenvalue weighted by Crippen LogP contribution is 2.32. The zero-order chi connectivity index (χ0) is 26.1. The van der Waals surface area contributed by atoms with Gasteiger partial charge in [0.1, 0.15) is 6.04 Å². The third kappa shape index (κ3) is 5.60. The van der Waals surface area contributed by atoms with Crippen LogP contribution in [0.2, 0.25) is 0 Å². The van der Waals surface area contributed by atoms with Crippen molar-refractivity contribution in [1.82, 2.24) is 25.3 Å². The Bertz CT molecular complexity index is 1040. The normalized spacial score (nSPS) is 26.6. The number of imide groups is 1. The summed E-state index contributed by atoms with van der Waals surface area (Å²) in [6, 6.07) is 5.57. The number of amides is 3. The molecule has 6 rings (SSSR count). The second-order valence-corrected chi connectivity index (χ2v) is 12.0. The minimum atomic E-state index is -0.557. The minimum absolute atomic E-state index is 0.101. The van der Waals surface area contributed by atoms with Gasteiger partial charge in [0.25, 0.3) is 5.91 Å². The van der Waals surface area contributed by atoms with E-state index in [1.165, 1.54) is 83.7 Å². The maximum absolute atomic E-state index is 13.0. The molecule has 206 valence electrons. The molecule has 9 heteroatoms. The highest BCUT2D eigenvalue weighted by atomic mass is 16.2. The van der Waals surface area contributed by atoms with Crippen LogP contribution in [0.1, 0.15) is 54.4 Å². The van der Waals surface area contributed by atoms with Gasteiger partial charge in [-0.3, -0.25) is 19.7 Å². The summed E-state index contributed by atoms with van der Waals surface area (Å²) >= 11 is 0. The molecule has 4 fully saturated rings. The van der Waals surface area contributed by atoms with Gasteiger partial charge in [-0.15, -0.1) is 0 Å². The fourth-order valence-corrected chi connectivity index (χ4v) is 7.08. The molecule has 1 aromatic carbocycles. The SMILES string of the molecule is O=C1CCC(N2Cc3cc(N4CCC(CN5CCN(CC6CCNCC6)CC5)CC4)ccc3C2=O)C(=O)N1. The second kappa shape index (κ2) is 11.3. The summed E-state index contributed by atoms with van der Waals surface area (Å²) in [4.78, 5) is 46.3. The molecule has 2 N–H and O–H groups in total. The van der Waals surface area contributed by atoms with Crippen molar-refractivity contribution in [2.24, 2.45) is 11.8 Å². The molecule has 0 spiro atoms. The molecule has 0 saturated carbocycles. The number of benzene rings is 1. The molecule has 5 aliphatic heterocycles. The summed E-state index contributed by atoms with van der Waals surface area (Å²) in [5.74, 6) is 0.922. The Morgan fingerprint density at radius 2 is 1.45 bits per heavy atom. The van der Waals surface area contributed by atoms with Crippen molar-refractivity contribution in [2.75, 3.05) is 70.3 Å². The molecule has 0 bridgehead atoms. The van der Waals surface area contributed by atoms with Crippen molar-refractivity contribution < 1.29 is 14.4 Å². The Labute approximate surface area is 225 Å². The van der Waals surface area contributed by atoms with E-state index in [-0.39, 0.29) is 24.1 Å². The summed E-state index contributed by atoms with van der Waals surface area (Å²) in [6.07, 6.45) is 5.75. The number of piperidine rings is 3. The lowest BCUT2D eigenvalue weighted by atomic mass is 9.95. The van der Waals surface area contributed by atoms with Crippen LogP contribution in [0.15, 0.2) is 18.2 Å². The lowest BCUT2D eigenvalue weighted by Crippen LogP contribution is -2.52. The summed E-state index contributed by atoms with van der Waals surface area (Å²) in [6.45, 7) is 12.2. The van der Waals surface area contributed by atoms with Gasteiger partial charge in [-0.1, -0.05) is 0 Å². The number of carbonyl (C=O) groups is 3. The highest BCUT2D eigenvalue weighted by Gasteiger charge is 2.39. The summed E-state index contributed by atoms with van der Waals surface area (Å²) in [7, 11) is 0. The zero-order valence-electron chi connectivity index (χ0n) is 22.5. The molecule has 5 heterocycles. The second-order valence-electron chi connectivity index (χ2n) is 12.0. The van der Waals surface area contributed by atoms with Crippen molar-refractivity contribution in [2.45, 2.75) is 51.1 Å². The van der Waals surface area contributed by atoms with Crippen LogP contribution in [0.4, 0.5) is 5.69 Å². The first-order valence-electron chi connectivity index (χ1n) is 14.7. The summed E-state index contributed by atoms with van der Waals surface area (Å²) < 4.78 is 0. The van der Waals surface area contributed by atoms with Crippen molar-refractivity contribution in [3.8, 4) is 0 Å². The van der Waals surface area contributed by atoms with Gasteiger partial charge < -0.3 is 24.9 Å². The van der Waals surface area contributed by atoms with Gasteiger partial charge in [0.15, 0.2) is 0 Å². The first-order valence-corrected chi connectivity index (χ1v) is 14.7. The third-order valence-electron chi connectivity index (χ3n) is 9.44. The number of hydrogen-bond donors (Lipinski definition) is 2. The van der Waals surface area contributed by atoms with Crippen molar-refractivity contribution >= 4 is 23.4 Å². The van der Waals surface area contributed by atoms with Gasteiger partial charge in [-0.2, -0.15) is 0 Å². The molecular formula is C29H42N6O3. The van der Waals surface area contributed by atoms with Gasteiger partial charge in [0, 0.05) is 76.6 Å². The topological polar surface area (TPSA) is 88.2 Å². The fraction of sp³-hybridized carbons (Fsp3) is 0.690. The molecule has 38 heavy (non-hydrogen) atoms. The molecule has 9 nitrogen and oxygen atoms in total. The lowest BCUT2D eigenvalue weighted by molar-refractivity contribution is -0.136. The number of nitrogens with one attached hydrogen (secondary N) is 2. The first kappa shape index (κ1) is 25.8. The van der Waals surface area contributed by atoms with Crippen LogP contribution in [0.25, 0.3) is 0 Å². The van der Waals surface area contributed by atoms with Gasteiger partial charge in [0.05, 0.1) is 0 Å². The molecular weight excluding hydrogens is 480 g/mol. The van der Waals surface area contributed by atoms with E-state index < -0.39 is 6.04 Å². The average Bonchev–Trinajstić information content (AvgIpc) is 3.26. The highest BCUT2D eigenvalue weighted by molar-refractivity contribution is 6.05. The zero-order valence-corrected chi connectivity index (χ0v) is 22.5. The maximum Gasteiger partial charge on any atom is 0.255 e. The van der Waals surface area contributed by atoms with E-state index in [2.05, 4.69) is 37.5 Å². The summed E-state index contributed by atoms with van der Waals surface area (Å²) in [5, 5.41) is 5.86. The largest absolute Gasteiger partial charge is 0.372 e.